The Morgan fingerprint density at radius 2 is 1.84 bits per heavy atom. The molecule has 0 spiro atoms. The van der Waals surface area contributed by atoms with Gasteiger partial charge in [-0.05, 0) is 85.6 Å². The number of carbonyl (C=O) groups is 1. The summed E-state index contributed by atoms with van der Waals surface area (Å²) in [5.74, 6) is 0.196. The second-order valence-corrected chi connectivity index (χ2v) is 8.42. The zero-order valence-electron chi connectivity index (χ0n) is 18.0. The van der Waals surface area contributed by atoms with Crippen LogP contribution in [0.1, 0.15) is 34.0 Å². The molecule has 0 atom stereocenters. The first-order valence-corrected chi connectivity index (χ1v) is 11.0. The van der Waals surface area contributed by atoms with Gasteiger partial charge < -0.3 is 9.73 Å². The van der Waals surface area contributed by atoms with Crippen molar-refractivity contribution in [3.63, 3.8) is 0 Å². The largest absolute Gasteiger partial charge is 0.436 e. The number of hydrogen-bond acceptors (Lipinski definition) is 4. The van der Waals surface area contributed by atoms with Crippen molar-refractivity contribution < 1.29 is 9.21 Å². The van der Waals surface area contributed by atoms with Gasteiger partial charge in [0.25, 0.3) is 5.91 Å². The number of halogens is 1. The molecular weight excluding hydrogens is 442 g/mol. The standard InChI is InChI=1S/C25H22ClN3O2S/c1-4-16-5-7-17(8-6-16)23(30)29-25(32)28-20-13-18(9-10-19(20)26)24-27-21-12-14(2)11-15(3)22(21)31-24/h5-13H,4H2,1-3H3,(H2,28,29,30,32). The zero-order valence-corrected chi connectivity index (χ0v) is 19.5. The number of nitrogens with one attached hydrogen (secondary N) is 2. The van der Waals surface area contributed by atoms with E-state index in [2.05, 4.69) is 28.6 Å². The fraction of sp³-hybridized carbons (Fsp3) is 0.160. The van der Waals surface area contributed by atoms with Crippen LogP contribution in [-0.2, 0) is 6.42 Å². The summed E-state index contributed by atoms with van der Waals surface area (Å²) in [5, 5.41) is 6.29. The van der Waals surface area contributed by atoms with Gasteiger partial charge in [-0.15, -0.1) is 0 Å². The van der Waals surface area contributed by atoms with Gasteiger partial charge in [-0.1, -0.05) is 36.7 Å². The number of fused-ring (bicyclic) bond motifs is 1. The second-order valence-electron chi connectivity index (χ2n) is 7.60. The quantitative estimate of drug-likeness (QED) is 0.340. The summed E-state index contributed by atoms with van der Waals surface area (Å²) in [4.78, 5) is 17.1. The Hall–Kier alpha value is -3.22. The first kappa shape index (κ1) is 22.0. The fourth-order valence-corrected chi connectivity index (χ4v) is 3.84. The lowest BCUT2D eigenvalue weighted by atomic mass is 10.1. The van der Waals surface area contributed by atoms with Crippen LogP contribution in [-0.4, -0.2) is 16.0 Å². The lowest BCUT2D eigenvalue weighted by Crippen LogP contribution is -2.34. The van der Waals surface area contributed by atoms with Crippen molar-refractivity contribution in [1.82, 2.24) is 10.3 Å². The summed E-state index contributed by atoms with van der Waals surface area (Å²) in [6, 6.07) is 16.8. The Morgan fingerprint density at radius 3 is 2.56 bits per heavy atom. The number of aryl methyl sites for hydroxylation is 3. The molecular formula is C25H22ClN3O2S. The molecule has 0 aliphatic rings. The van der Waals surface area contributed by atoms with E-state index in [9.17, 15) is 4.79 Å². The van der Waals surface area contributed by atoms with Crippen LogP contribution in [0.25, 0.3) is 22.6 Å². The van der Waals surface area contributed by atoms with Gasteiger partial charge in [0.1, 0.15) is 5.52 Å². The molecule has 5 nitrogen and oxygen atoms in total. The molecule has 162 valence electrons. The highest BCUT2D eigenvalue weighted by Gasteiger charge is 2.14. The topological polar surface area (TPSA) is 67.2 Å². The minimum atomic E-state index is -0.290. The molecule has 2 N–H and O–H groups in total. The van der Waals surface area contributed by atoms with E-state index in [4.69, 9.17) is 28.2 Å². The van der Waals surface area contributed by atoms with Crippen molar-refractivity contribution in [2.24, 2.45) is 0 Å². The molecule has 0 aliphatic heterocycles. The predicted octanol–water partition coefficient (Wildman–Crippen LogP) is 6.45. The number of thiocarbonyl (C=S) groups is 1. The Balaban J connectivity index is 1.53. The smallest absolute Gasteiger partial charge is 0.257 e. The van der Waals surface area contributed by atoms with Crippen molar-refractivity contribution in [2.75, 3.05) is 5.32 Å². The molecule has 0 bridgehead atoms. The van der Waals surface area contributed by atoms with Crippen LogP contribution in [0.5, 0.6) is 0 Å². The number of amides is 1. The molecule has 7 heteroatoms. The number of nitrogens with zero attached hydrogens (tertiary/aromatic N) is 1. The van der Waals surface area contributed by atoms with Gasteiger partial charge in [0.05, 0.1) is 10.7 Å². The van der Waals surface area contributed by atoms with Gasteiger partial charge >= 0.3 is 0 Å². The van der Waals surface area contributed by atoms with E-state index in [1.165, 1.54) is 0 Å². The molecule has 0 aliphatic carbocycles. The maximum absolute atomic E-state index is 12.5. The number of benzene rings is 3. The highest BCUT2D eigenvalue weighted by molar-refractivity contribution is 7.80. The van der Waals surface area contributed by atoms with Crippen LogP contribution >= 0.6 is 23.8 Å². The zero-order chi connectivity index (χ0) is 22.8. The molecule has 4 rings (SSSR count). The van der Waals surface area contributed by atoms with Crippen molar-refractivity contribution in [1.29, 1.82) is 0 Å². The monoisotopic (exact) mass is 463 g/mol. The van der Waals surface area contributed by atoms with Gasteiger partial charge in [-0.2, -0.15) is 0 Å². The molecule has 0 saturated carbocycles. The van der Waals surface area contributed by atoms with Crippen LogP contribution in [0, 0.1) is 13.8 Å². The average molecular weight is 464 g/mol. The number of hydrogen-bond donors (Lipinski definition) is 2. The number of carbonyl (C=O) groups excluding carboxylic acids is 1. The van der Waals surface area contributed by atoms with Crippen molar-refractivity contribution >= 4 is 51.6 Å². The highest BCUT2D eigenvalue weighted by Crippen LogP contribution is 2.31. The average Bonchev–Trinajstić information content (AvgIpc) is 3.19. The molecule has 3 aromatic carbocycles. The lowest BCUT2D eigenvalue weighted by Gasteiger charge is -2.12. The predicted molar refractivity (Wildman–Crippen MR) is 133 cm³/mol. The third-order valence-electron chi connectivity index (χ3n) is 5.13. The summed E-state index contributed by atoms with van der Waals surface area (Å²) in [7, 11) is 0. The Bertz CT molecular complexity index is 1330. The maximum Gasteiger partial charge on any atom is 0.257 e. The highest BCUT2D eigenvalue weighted by atomic mass is 35.5. The van der Waals surface area contributed by atoms with Crippen LogP contribution in [0.2, 0.25) is 5.02 Å². The van der Waals surface area contributed by atoms with Crippen LogP contribution in [0.15, 0.2) is 59.0 Å². The van der Waals surface area contributed by atoms with E-state index < -0.39 is 0 Å². The molecule has 1 amide bonds. The summed E-state index contributed by atoms with van der Waals surface area (Å²) < 4.78 is 6.00. The third-order valence-corrected chi connectivity index (χ3v) is 5.67. The van der Waals surface area contributed by atoms with E-state index in [0.29, 0.717) is 22.2 Å². The van der Waals surface area contributed by atoms with Gasteiger partial charge in [-0.25, -0.2) is 4.98 Å². The fourth-order valence-electron chi connectivity index (χ4n) is 3.47. The summed E-state index contributed by atoms with van der Waals surface area (Å²) in [6.45, 7) is 6.09. The first-order chi connectivity index (χ1) is 15.3. The molecule has 1 heterocycles. The second kappa shape index (κ2) is 9.10. The van der Waals surface area contributed by atoms with E-state index in [1.54, 1.807) is 24.3 Å². The first-order valence-electron chi connectivity index (χ1n) is 10.2. The Labute approximate surface area is 196 Å². The summed E-state index contributed by atoms with van der Waals surface area (Å²) in [6.07, 6.45) is 0.913. The van der Waals surface area contributed by atoms with Crippen LogP contribution in [0.3, 0.4) is 0 Å². The summed E-state index contributed by atoms with van der Waals surface area (Å²) >= 11 is 11.7. The van der Waals surface area contributed by atoms with Gasteiger partial charge in [0.15, 0.2) is 10.7 Å². The number of anilines is 1. The van der Waals surface area contributed by atoms with E-state index in [0.717, 1.165) is 39.8 Å². The minimum Gasteiger partial charge on any atom is -0.436 e. The molecule has 4 aromatic rings. The molecule has 0 fully saturated rings. The molecule has 1 aromatic heterocycles. The lowest BCUT2D eigenvalue weighted by molar-refractivity contribution is 0.0977. The normalized spacial score (nSPS) is 10.9. The van der Waals surface area contributed by atoms with Gasteiger partial charge in [-0.3, -0.25) is 10.1 Å². The van der Waals surface area contributed by atoms with E-state index >= 15 is 0 Å². The van der Waals surface area contributed by atoms with Crippen molar-refractivity contribution in [2.45, 2.75) is 27.2 Å². The summed E-state index contributed by atoms with van der Waals surface area (Å²) in [5.41, 5.74) is 6.70. The molecule has 0 radical (unpaired) electrons. The number of rotatable bonds is 4. The van der Waals surface area contributed by atoms with Crippen molar-refractivity contribution in [3.05, 3.63) is 81.9 Å². The number of aromatic nitrogens is 1. The number of oxazole rings is 1. The third kappa shape index (κ3) is 4.66. The molecule has 32 heavy (non-hydrogen) atoms. The van der Waals surface area contributed by atoms with Gasteiger partial charge in [0, 0.05) is 11.1 Å². The van der Waals surface area contributed by atoms with E-state index in [1.807, 2.05) is 38.1 Å². The minimum absolute atomic E-state index is 0.151. The Kier molecular flexibility index (Phi) is 6.26. The molecule has 0 unspecified atom stereocenters. The van der Waals surface area contributed by atoms with Crippen LogP contribution < -0.4 is 10.6 Å². The SMILES string of the molecule is CCc1ccc(C(=O)NC(=S)Nc2cc(-c3nc4cc(C)cc(C)c4o3)ccc2Cl)cc1. The molecule has 0 saturated heterocycles. The van der Waals surface area contributed by atoms with Crippen molar-refractivity contribution in [3.8, 4) is 11.5 Å². The van der Waals surface area contributed by atoms with Gasteiger partial charge in [0.2, 0.25) is 5.89 Å². The Morgan fingerprint density at radius 1 is 1.09 bits per heavy atom. The maximum atomic E-state index is 12.5. The van der Waals surface area contributed by atoms with Crippen LogP contribution in [0.4, 0.5) is 5.69 Å². The van der Waals surface area contributed by atoms with E-state index in [-0.39, 0.29) is 11.0 Å².